The van der Waals surface area contributed by atoms with E-state index in [1.54, 1.807) is 41.3 Å². The molecular weight excluding hydrogens is 659 g/mol. The third kappa shape index (κ3) is 10.1. The molecule has 0 aliphatic carbocycles. The maximum atomic E-state index is 13.4. The van der Waals surface area contributed by atoms with Crippen molar-refractivity contribution in [2.75, 3.05) is 55.7 Å². The first-order valence-corrected chi connectivity index (χ1v) is 16.2. The van der Waals surface area contributed by atoms with Gasteiger partial charge in [0, 0.05) is 24.3 Å². The lowest BCUT2D eigenvalue weighted by molar-refractivity contribution is -0.129. The Bertz CT molecular complexity index is 1360. The predicted molar refractivity (Wildman–Crippen MR) is 178 cm³/mol. The summed E-state index contributed by atoms with van der Waals surface area (Å²) >= 11 is 7.12. The van der Waals surface area contributed by atoms with Gasteiger partial charge in [-0.05, 0) is 75.2 Å². The van der Waals surface area contributed by atoms with Crippen molar-refractivity contribution in [2.45, 2.75) is 50.7 Å². The smallest absolute Gasteiger partial charge is 0.414 e. The molecular formula is C30H40Cl2N6O7S. The molecule has 0 unspecified atom stereocenters. The number of nitrogens with two attached hydrogens (primary N) is 2. The molecule has 2 fully saturated rings. The van der Waals surface area contributed by atoms with E-state index in [1.165, 1.54) is 4.90 Å². The number of nitrogens with one attached hydrogen (secondary N) is 1. The van der Waals surface area contributed by atoms with Gasteiger partial charge in [0.1, 0.15) is 12.7 Å². The Hall–Kier alpha value is -3.27. The number of carbonyl (C=O) groups is 5. The van der Waals surface area contributed by atoms with E-state index < -0.39 is 36.0 Å². The number of primary amides is 1. The van der Waals surface area contributed by atoms with Crippen LogP contribution in [0.3, 0.4) is 0 Å². The molecule has 0 saturated carbocycles. The molecule has 1 aromatic carbocycles. The number of halogens is 2. The van der Waals surface area contributed by atoms with Crippen LogP contribution in [0.4, 0.5) is 16.2 Å². The van der Waals surface area contributed by atoms with Gasteiger partial charge < -0.3 is 31.2 Å². The third-order valence-corrected chi connectivity index (χ3v) is 8.77. The van der Waals surface area contributed by atoms with Crippen molar-refractivity contribution < 1.29 is 33.4 Å². The first-order valence-electron chi connectivity index (χ1n) is 15.0. The topological polar surface area (TPSA) is 178 Å². The number of thiophene rings is 1. The predicted octanol–water partition coefficient (Wildman–Crippen LogP) is 2.92. The summed E-state index contributed by atoms with van der Waals surface area (Å²) in [5, 5.41) is 3.13. The fourth-order valence-electron chi connectivity index (χ4n) is 5.15. The standard InChI is InChI=1S/C30H39ClN6O7S.ClH/c31-25-12-11-24(45-25)29(41)37(26(38)6-2-4-14-34-23(28(33)40)5-1-3-13-32)18-22-17-36(30(42)44-22)21-9-7-20(8-10-21)35-15-16-43-19-27(35)39;/h7-12,22-23,34H,1-6,13-19,32H2,(H2,33,40);1H/t22-,23+;/m1./s1. The second kappa shape index (κ2) is 18.2. The Morgan fingerprint density at radius 3 is 2.39 bits per heavy atom. The number of morpholine rings is 1. The molecule has 46 heavy (non-hydrogen) atoms. The fourth-order valence-corrected chi connectivity index (χ4v) is 6.14. The average molecular weight is 700 g/mol. The number of imide groups is 1. The zero-order valence-electron chi connectivity index (χ0n) is 25.4. The first kappa shape index (κ1) is 37.2. The molecule has 5 N–H and O–H groups in total. The Morgan fingerprint density at radius 2 is 1.76 bits per heavy atom. The Labute approximate surface area is 282 Å². The van der Waals surface area contributed by atoms with Crippen molar-refractivity contribution in [1.82, 2.24) is 10.2 Å². The molecule has 0 radical (unpaired) electrons. The summed E-state index contributed by atoms with van der Waals surface area (Å²) in [6, 6.07) is 9.62. The van der Waals surface area contributed by atoms with Crippen LogP contribution in [0.1, 0.15) is 48.2 Å². The van der Waals surface area contributed by atoms with Gasteiger partial charge in [0.05, 0.1) is 35.0 Å². The number of carbonyl (C=O) groups excluding carboxylic acids is 5. The van der Waals surface area contributed by atoms with Gasteiger partial charge in [0.25, 0.3) is 11.8 Å². The van der Waals surface area contributed by atoms with Crippen molar-refractivity contribution in [3.63, 3.8) is 0 Å². The van der Waals surface area contributed by atoms with Crippen LogP contribution >= 0.6 is 35.3 Å². The molecule has 252 valence electrons. The zero-order valence-corrected chi connectivity index (χ0v) is 27.7. The summed E-state index contributed by atoms with van der Waals surface area (Å²) < 4.78 is 11.2. The number of hydrogen-bond acceptors (Lipinski definition) is 10. The maximum Gasteiger partial charge on any atom is 0.414 e. The lowest BCUT2D eigenvalue weighted by Crippen LogP contribution is -2.43. The van der Waals surface area contributed by atoms with Crippen molar-refractivity contribution in [3.8, 4) is 0 Å². The van der Waals surface area contributed by atoms with Gasteiger partial charge in [-0.3, -0.25) is 29.0 Å². The number of amides is 5. The third-order valence-electron chi connectivity index (χ3n) is 7.55. The van der Waals surface area contributed by atoms with Gasteiger partial charge in [0.15, 0.2) is 0 Å². The normalized spacial score (nSPS) is 17.0. The number of hydrogen-bond donors (Lipinski definition) is 3. The fraction of sp³-hybridized carbons (Fsp3) is 0.500. The summed E-state index contributed by atoms with van der Waals surface area (Å²) in [6.45, 7) is 1.94. The zero-order chi connectivity index (χ0) is 32.3. The van der Waals surface area contributed by atoms with Gasteiger partial charge in [-0.25, -0.2) is 4.79 Å². The minimum absolute atomic E-state index is 0. The maximum absolute atomic E-state index is 13.4. The van der Waals surface area contributed by atoms with Gasteiger partial charge in [-0.1, -0.05) is 18.0 Å². The number of cyclic esters (lactones) is 1. The number of unbranched alkanes of at least 4 members (excludes halogenated alkanes) is 2. The number of nitrogens with zero attached hydrogens (tertiary/aromatic N) is 3. The molecule has 0 spiro atoms. The van der Waals surface area contributed by atoms with Crippen LogP contribution in [0.5, 0.6) is 0 Å². The lowest BCUT2D eigenvalue weighted by atomic mass is 10.1. The molecule has 3 heterocycles. The Balaban J connectivity index is 0.00000576. The van der Waals surface area contributed by atoms with Crippen molar-refractivity contribution in [1.29, 1.82) is 0 Å². The van der Waals surface area contributed by atoms with Crippen LogP contribution in [0.15, 0.2) is 36.4 Å². The van der Waals surface area contributed by atoms with E-state index in [-0.39, 0.29) is 44.4 Å². The van der Waals surface area contributed by atoms with Crippen molar-refractivity contribution in [3.05, 3.63) is 45.6 Å². The monoisotopic (exact) mass is 698 g/mol. The second-order valence-corrected chi connectivity index (χ2v) is 12.5. The van der Waals surface area contributed by atoms with Crippen LogP contribution < -0.4 is 26.6 Å². The molecule has 2 atom stereocenters. The highest BCUT2D eigenvalue weighted by atomic mass is 35.5. The first-order chi connectivity index (χ1) is 21.7. The minimum atomic E-state index is -0.757. The molecule has 16 heteroatoms. The summed E-state index contributed by atoms with van der Waals surface area (Å²) in [5.74, 6) is -1.50. The molecule has 5 amide bonds. The van der Waals surface area contributed by atoms with Crippen LogP contribution in [0.2, 0.25) is 4.34 Å². The molecule has 2 saturated heterocycles. The second-order valence-electron chi connectivity index (χ2n) is 10.8. The quantitative estimate of drug-likeness (QED) is 0.222. The molecule has 2 aliphatic rings. The summed E-state index contributed by atoms with van der Waals surface area (Å²) in [5.41, 5.74) is 12.3. The Morgan fingerprint density at radius 1 is 1.04 bits per heavy atom. The largest absolute Gasteiger partial charge is 0.442 e. The average Bonchev–Trinajstić information content (AvgIpc) is 3.63. The molecule has 1 aromatic heterocycles. The summed E-state index contributed by atoms with van der Waals surface area (Å²) in [6.07, 6.45) is 1.93. The van der Waals surface area contributed by atoms with E-state index in [1.807, 2.05) is 0 Å². The van der Waals surface area contributed by atoms with E-state index in [0.717, 1.165) is 29.1 Å². The van der Waals surface area contributed by atoms with E-state index in [0.29, 0.717) is 66.1 Å². The number of rotatable bonds is 16. The van der Waals surface area contributed by atoms with E-state index >= 15 is 0 Å². The molecule has 2 aromatic rings. The van der Waals surface area contributed by atoms with Crippen LogP contribution in [0, 0.1) is 0 Å². The van der Waals surface area contributed by atoms with Gasteiger partial charge in [-0.15, -0.1) is 23.7 Å². The van der Waals surface area contributed by atoms with E-state index in [4.69, 9.17) is 32.5 Å². The van der Waals surface area contributed by atoms with Crippen LogP contribution in [-0.4, -0.2) is 92.7 Å². The highest BCUT2D eigenvalue weighted by Crippen LogP contribution is 2.27. The number of anilines is 2. The van der Waals surface area contributed by atoms with E-state index in [9.17, 15) is 24.0 Å². The van der Waals surface area contributed by atoms with E-state index in [2.05, 4.69) is 5.32 Å². The number of benzene rings is 1. The molecule has 13 nitrogen and oxygen atoms in total. The van der Waals surface area contributed by atoms with Crippen LogP contribution in [-0.2, 0) is 23.9 Å². The SMILES string of the molecule is Cl.NCCCC[C@H](NCCCCC(=O)N(C[C@H]1CN(c2ccc(N3CCOCC3=O)cc2)C(=O)O1)C(=O)c1ccc(Cl)s1)C(N)=O. The lowest BCUT2D eigenvalue weighted by Gasteiger charge is -2.27. The molecule has 2 aliphatic heterocycles. The highest BCUT2D eigenvalue weighted by Gasteiger charge is 2.36. The van der Waals surface area contributed by atoms with Crippen molar-refractivity contribution >= 4 is 76.4 Å². The van der Waals surface area contributed by atoms with Gasteiger partial charge in [-0.2, -0.15) is 0 Å². The summed E-state index contributed by atoms with van der Waals surface area (Å²) in [7, 11) is 0. The van der Waals surface area contributed by atoms with Gasteiger partial charge in [0.2, 0.25) is 11.8 Å². The summed E-state index contributed by atoms with van der Waals surface area (Å²) in [4.78, 5) is 67.9. The minimum Gasteiger partial charge on any atom is -0.442 e. The van der Waals surface area contributed by atoms with Gasteiger partial charge >= 0.3 is 6.09 Å². The van der Waals surface area contributed by atoms with Crippen molar-refractivity contribution in [2.24, 2.45) is 11.5 Å². The number of ether oxygens (including phenoxy) is 2. The van der Waals surface area contributed by atoms with Crippen LogP contribution in [0.25, 0.3) is 0 Å². The molecule has 0 bridgehead atoms. The highest BCUT2D eigenvalue weighted by molar-refractivity contribution is 7.18. The molecule has 4 rings (SSSR count). The Kier molecular flexibility index (Phi) is 14.7.